The maximum absolute atomic E-state index is 4.42. The van der Waals surface area contributed by atoms with Crippen molar-refractivity contribution in [1.82, 2.24) is 9.78 Å². The fraction of sp³-hybridized carbons (Fsp3) is 0.182. The summed E-state index contributed by atoms with van der Waals surface area (Å²) in [4.78, 5) is 0. The van der Waals surface area contributed by atoms with Crippen LogP contribution < -0.4 is 0 Å². The molecule has 0 fully saturated rings. The summed E-state index contributed by atoms with van der Waals surface area (Å²) in [7, 11) is 0. The largest absolute Gasteiger partial charge is 0.267 e. The highest BCUT2D eigenvalue weighted by Crippen LogP contribution is 2.13. The lowest BCUT2D eigenvalue weighted by Crippen LogP contribution is -1.99. The predicted molar refractivity (Wildman–Crippen MR) is 72.9 cm³/mol. The molecule has 78 valence electrons. The summed E-state index contributed by atoms with van der Waals surface area (Å²) in [5.41, 5.74) is 2.49. The Hall–Kier alpha value is -0.360. The lowest BCUT2D eigenvalue weighted by atomic mass is 10.2. The molecule has 0 amide bonds. The maximum Gasteiger partial charge on any atom is 0.126 e. The van der Waals surface area contributed by atoms with Gasteiger partial charge in [0.1, 0.15) is 3.70 Å². The fourth-order valence-corrected chi connectivity index (χ4v) is 2.04. The van der Waals surface area contributed by atoms with Crippen LogP contribution in [0.3, 0.4) is 0 Å². The van der Waals surface area contributed by atoms with Gasteiger partial charge in [0.25, 0.3) is 0 Å². The zero-order valence-corrected chi connectivity index (χ0v) is 12.0. The SMILES string of the molecule is Cc1cn(Cc2ccc(Br)cc2)nc1I. The van der Waals surface area contributed by atoms with Gasteiger partial charge in [-0.05, 0) is 47.2 Å². The molecular weight excluding hydrogens is 367 g/mol. The van der Waals surface area contributed by atoms with Crippen molar-refractivity contribution in [3.8, 4) is 0 Å². The van der Waals surface area contributed by atoms with Crippen LogP contribution >= 0.6 is 38.5 Å². The van der Waals surface area contributed by atoms with Crippen LogP contribution in [0.5, 0.6) is 0 Å². The molecule has 0 radical (unpaired) electrons. The van der Waals surface area contributed by atoms with Gasteiger partial charge in [-0.25, -0.2) is 0 Å². The average Bonchev–Trinajstić information content (AvgIpc) is 2.50. The minimum absolute atomic E-state index is 0.830. The van der Waals surface area contributed by atoms with E-state index in [1.165, 1.54) is 11.1 Å². The molecule has 0 aliphatic heterocycles. The van der Waals surface area contributed by atoms with E-state index in [0.717, 1.165) is 14.7 Å². The van der Waals surface area contributed by atoms with Crippen LogP contribution in [0.4, 0.5) is 0 Å². The number of rotatable bonds is 2. The molecule has 1 heterocycles. The number of aromatic nitrogens is 2. The molecule has 0 unspecified atom stereocenters. The Kier molecular flexibility index (Phi) is 3.45. The van der Waals surface area contributed by atoms with Gasteiger partial charge in [-0.15, -0.1) is 0 Å². The monoisotopic (exact) mass is 376 g/mol. The molecule has 0 aliphatic rings. The number of hydrogen-bond acceptors (Lipinski definition) is 1. The van der Waals surface area contributed by atoms with Crippen LogP contribution in [0, 0.1) is 10.6 Å². The summed E-state index contributed by atoms with van der Waals surface area (Å²) in [6.07, 6.45) is 2.07. The molecule has 2 aromatic rings. The Bertz CT molecular complexity index is 442. The summed E-state index contributed by atoms with van der Waals surface area (Å²) in [5.74, 6) is 0. The third-order valence-corrected chi connectivity index (χ3v) is 3.74. The lowest BCUT2D eigenvalue weighted by molar-refractivity contribution is 0.681. The number of nitrogens with zero attached hydrogens (tertiary/aromatic N) is 2. The van der Waals surface area contributed by atoms with Crippen LogP contribution in [0.25, 0.3) is 0 Å². The molecule has 0 aliphatic carbocycles. The van der Waals surface area contributed by atoms with Gasteiger partial charge in [-0.2, -0.15) is 5.10 Å². The van der Waals surface area contributed by atoms with Crippen molar-refractivity contribution in [3.05, 3.63) is 49.8 Å². The second-order valence-corrected chi connectivity index (χ2v) is 5.36. The van der Waals surface area contributed by atoms with E-state index in [2.05, 4.69) is 81.0 Å². The lowest BCUT2D eigenvalue weighted by Gasteiger charge is -2.01. The first-order valence-corrected chi connectivity index (χ1v) is 6.46. The van der Waals surface area contributed by atoms with Crippen LogP contribution in [-0.2, 0) is 6.54 Å². The molecule has 2 nitrogen and oxygen atoms in total. The third-order valence-electron chi connectivity index (χ3n) is 2.14. The minimum atomic E-state index is 0.830. The highest BCUT2D eigenvalue weighted by atomic mass is 127. The van der Waals surface area contributed by atoms with Crippen LogP contribution in [0.15, 0.2) is 34.9 Å². The fourth-order valence-electron chi connectivity index (χ4n) is 1.36. The van der Waals surface area contributed by atoms with Gasteiger partial charge in [-0.1, -0.05) is 28.1 Å². The highest BCUT2D eigenvalue weighted by Gasteiger charge is 2.01. The maximum atomic E-state index is 4.42. The summed E-state index contributed by atoms with van der Waals surface area (Å²) in [6, 6.07) is 8.31. The van der Waals surface area contributed by atoms with Gasteiger partial charge in [0.05, 0.1) is 6.54 Å². The first-order chi connectivity index (χ1) is 7.15. The second-order valence-electron chi connectivity index (χ2n) is 3.43. The zero-order chi connectivity index (χ0) is 10.8. The van der Waals surface area contributed by atoms with Gasteiger partial charge in [0, 0.05) is 16.2 Å². The molecule has 0 N–H and O–H groups in total. The summed E-state index contributed by atoms with van der Waals surface area (Å²) >= 11 is 5.68. The molecule has 1 aromatic heterocycles. The van der Waals surface area contributed by atoms with Crippen LogP contribution in [0.1, 0.15) is 11.1 Å². The topological polar surface area (TPSA) is 17.8 Å². The quantitative estimate of drug-likeness (QED) is 0.732. The smallest absolute Gasteiger partial charge is 0.126 e. The molecular formula is C11H10BrIN2. The predicted octanol–water partition coefficient (Wildman–Crippen LogP) is 3.61. The van der Waals surface area contributed by atoms with Gasteiger partial charge >= 0.3 is 0 Å². The Morgan fingerprint density at radius 3 is 2.53 bits per heavy atom. The molecule has 0 spiro atoms. The van der Waals surface area contributed by atoms with Crippen molar-refractivity contribution in [2.45, 2.75) is 13.5 Å². The van der Waals surface area contributed by atoms with Gasteiger partial charge < -0.3 is 0 Å². The van der Waals surface area contributed by atoms with Crippen molar-refractivity contribution in [1.29, 1.82) is 0 Å². The van der Waals surface area contributed by atoms with E-state index in [1.54, 1.807) is 0 Å². The Morgan fingerprint density at radius 1 is 1.33 bits per heavy atom. The highest BCUT2D eigenvalue weighted by molar-refractivity contribution is 14.1. The third kappa shape index (κ3) is 2.81. The standard InChI is InChI=1S/C11H10BrIN2/c1-8-6-15(14-11(8)13)7-9-2-4-10(12)5-3-9/h2-6H,7H2,1H3. The van der Waals surface area contributed by atoms with Crippen LogP contribution in [0.2, 0.25) is 0 Å². The van der Waals surface area contributed by atoms with Crippen molar-refractivity contribution in [3.63, 3.8) is 0 Å². The molecule has 0 saturated heterocycles. The van der Waals surface area contributed by atoms with E-state index < -0.39 is 0 Å². The minimum Gasteiger partial charge on any atom is -0.267 e. The van der Waals surface area contributed by atoms with E-state index in [0.29, 0.717) is 0 Å². The molecule has 15 heavy (non-hydrogen) atoms. The van der Waals surface area contributed by atoms with E-state index in [1.807, 2.05) is 4.68 Å². The Labute approximate surface area is 111 Å². The second kappa shape index (κ2) is 4.65. The van der Waals surface area contributed by atoms with E-state index in [-0.39, 0.29) is 0 Å². The number of aryl methyl sites for hydroxylation is 1. The zero-order valence-electron chi connectivity index (χ0n) is 8.24. The number of benzene rings is 1. The van der Waals surface area contributed by atoms with Crippen molar-refractivity contribution in [2.24, 2.45) is 0 Å². The average molecular weight is 377 g/mol. The molecule has 0 saturated carbocycles. The van der Waals surface area contributed by atoms with Gasteiger partial charge in [-0.3, -0.25) is 4.68 Å². The Morgan fingerprint density at radius 2 is 2.00 bits per heavy atom. The van der Waals surface area contributed by atoms with Gasteiger partial charge in [0.2, 0.25) is 0 Å². The molecule has 0 bridgehead atoms. The Balaban J connectivity index is 2.18. The summed E-state index contributed by atoms with van der Waals surface area (Å²) in [6.45, 7) is 2.91. The first kappa shape index (κ1) is 11.1. The number of hydrogen-bond donors (Lipinski definition) is 0. The summed E-state index contributed by atoms with van der Waals surface area (Å²) < 4.78 is 4.16. The van der Waals surface area contributed by atoms with E-state index in [9.17, 15) is 0 Å². The molecule has 4 heteroatoms. The van der Waals surface area contributed by atoms with E-state index >= 15 is 0 Å². The number of halogens is 2. The van der Waals surface area contributed by atoms with Crippen molar-refractivity contribution < 1.29 is 0 Å². The van der Waals surface area contributed by atoms with Crippen molar-refractivity contribution in [2.75, 3.05) is 0 Å². The first-order valence-electron chi connectivity index (χ1n) is 4.59. The molecule has 1 aromatic carbocycles. The summed E-state index contributed by atoms with van der Waals surface area (Å²) in [5, 5.41) is 4.42. The van der Waals surface area contributed by atoms with E-state index in [4.69, 9.17) is 0 Å². The normalized spacial score (nSPS) is 10.6. The molecule has 0 atom stereocenters. The van der Waals surface area contributed by atoms with Gasteiger partial charge in [0.15, 0.2) is 0 Å². The molecule has 2 rings (SSSR count). The van der Waals surface area contributed by atoms with Crippen molar-refractivity contribution >= 4 is 38.5 Å². The van der Waals surface area contributed by atoms with Crippen LogP contribution in [-0.4, -0.2) is 9.78 Å².